The topological polar surface area (TPSA) is 75.7 Å². The molecule has 0 saturated carbocycles. The van der Waals surface area contributed by atoms with Crippen LogP contribution in [0.2, 0.25) is 0 Å². The number of ether oxygens (including phenoxy) is 1. The van der Waals surface area contributed by atoms with Crippen LogP contribution in [0.25, 0.3) is 0 Å². The monoisotopic (exact) mass is 326 g/mol. The van der Waals surface area contributed by atoms with Gasteiger partial charge in [0.2, 0.25) is 10.0 Å². The quantitative estimate of drug-likeness (QED) is 0.883. The minimum Gasteiger partial charge on any atom is -0.376 e. The van der Waals surface area contributed by atoms with E-state index in [-0.39, 0.29) is 16.9 Å². The molecule has 0 spiro atoms. The number of carbonyl (C=O) groups excluding carboxylic acids is 1. The SMILES string of the molecule is CCCNC(=O)c1cccc(S(=O)(=O)N2CCOC(C)C2)c1. The van der Waals surface area contributed by atoms with Crippen LogP contribution in [-0.4, -0.2) is 51.0 Å². The van der Waals surface area contributed by atoms with Crippen molar-refractivity contribution in [2.24, 2.45) is 0 Å². The molecule has 1 heterocycles. The zero-order valence-electron chi connectivity index (χ0n) is 12.9. The number of morpholine rings is 1. The van der Waals surface area contributed by atoms with Gasteiger partial charge in [0, 0.05) is 25.2 Å². The van der Waals surface area contributed by atoms with E-state index in [1.54, 1.807) is 12.1 Å². The largest absolute Gasteiger partial charge is 0.376 e. The molecule has 0 aromatic heterocycles. The van der Waals surface area contributed by atoms with E-state index in [1.165, 1.54) is 16.4 Å². The highest BCUT2D eigenvalue weighted by molar-refractivity contribution is 7.89. The fraction of sp³-hybridized carbons (Fsp3) is 0.533. The maximum Gasteiger partial charge on any atom is 0.251 e. The van der Waals surface area contributed by atoms with Crippen molar-refractivity contribution < 1.29 is 17.9 Å². The molecule has 1 aliphatic heterocycles. The van der Waals surface area contributed by atoms with Crippen molar-refractivity contribution in [3.63, 3.8) is 0 Å². The molecule has 22 heavy (non-hydrogen) atoms. The van der Waals surface area contributed by atoms with Crippen molar-refractivity contribution in [1.82, 2.24) is 9.62 Å². The molecule has 0 bridgehead atoms. The van der Waals surface area contributed by atoms with Crippen molar-refractivity contribution in [2.45, 2.75) is 31.3 Å². The van der Waals surface area contributed by atoms with E-state index < -0.39 is 10.0 Å². The summed E-state index contributed by atoms with van der Waals surface area (Å²) in [5, 5.41) is 2.75. The first kappa shape index (κ1) is 16.9. The number of carbonyl (C=O) groups is 1. The fourth-order valence-electron chi connectivity index (χ4n) is 2.29. The van der Waals surface area contributed by atoms with Gasteiger partial charge in [0.15, 0.2) is 0 Å². The number of benzene rings is 1. The average Bonchev–Trinajstić information content (AvgIpc) is 2.52. The van der Waals surface area contributed by atoms with Crippen LogP contribution in [0.3, 0.4) is 0 Å². The maximum atomic E-state index is 12.7. The second-order valence-electron chi connectivity index (χ2n) is 5.33. The van der Waals surface area contributed by atoms with Crippen LogP contribution < -0.4 is 5.32 Å². The Labute approximate surface area is 131 Å². The zero-order chi connectivity index (χ0) is 16.2. The molecule has 1 saturated heterocycles. The Morgan fingerprint density at radius 2 is 2.23 bits per heavy atom. The Morgan fingerprint density at radius 3 is 2.91 bits per heavy atom. The van der Waals surface area contributed by atoms with Crippen molar-refractivity contribution in [1.29, 1.82) is 0 Å². The number of nitrogens with one attached hydrogen (secondary N) is 1. The second kappa shape index (κ2) is 7.21. The van der Waals surface area contributed by atoms with Gasteiger partial charge in [0.25, 0.3) is 5.91 Å². The van der Waals surface area contributed by atoms with Crippen LogP contribution in [0.5, 0.6) is 0 Å². The van der Waals surface area contributed by atoms with Crippen molar-refractivity contribution in [3.8, 4) is 0 Å². The predicted octanol–water partition coefficient (Wildman–Crippen LogP) is 1.24. The average molecular weight is 326 g/mol. The minimum atomic E-state index is -3.60. The van der Waals surface area contributed by atoms with Crippen LogP contribution in [0, 0.1) is 0 Å². The van der Waals surface area contributed by atoms with E-state index in [1.807, 2.05) is 13.8 Å². The lowest BCUT2D eigenvalue weighted by Gasteiger charge is -2.30. The summed E-state index contributed by atoms with van der Waals surface area (Å²) in [6, 6.07) is 6.16. The Hall–Kier alpha value is -1.44. The molecule has 6 nitrogen and oxygen atoms in total. The first-order chi connectivity index (χ1) is 10.4. The van der Waals surface area contributed by atoms with Gasteiger partial charge in [-0.25, -0.2) is 8.42 Å². The first-order valence-electron chi connectivity index (χ1n) is 7.45. The van der Waals surface area contributed by atoms with E-state index in [9.17, 15) is 13.2 Å². The normalized spacial score (nSPS) is 19.8. The van der Waals surface area contributed by atoms with E-state index >= 15 is 0 Å². The number of nitrogens with zero attached hydrogens (tertiary/aromatic N) is 1. The van der Waals surface area contributed by atoms with Gasteiger partial charge < -0.3 is 10.1 Å². The molecule has 0 aliphatic carbocycles. The Balaban J connectivity index is 2.22. The van der Waals surface area contributed by atoms with Gasteiger partial charge in [-0.1, -0.05) is 13.0 Å². The summed E-state index contributed by atoms with van der Waals surface area (Å²) in [5.74, 6) is -0.255. The molecule has 1 atom stereocenters. The minimum absolute atomic E-state index is 0.125. The Morgan fingerprint density at radius 1 is 1.45 bits per heavy atom. The molecule has 1 aromatic rings. The molecule has 0 radical (unpaired) electrons. The number of rotatable bonds is 5. The second-order valence-corrected chi connectivity index (χ2v) is 7.27. The molecule has 2 rings (SSSR count). The zero-order valence-corrected chi connectivity index (χ0v) is 13.7. The summed E-state index contributed by atoms with van der Waals surface area (Å²) in [6.45, 7) is 5.42. The smallest absolute Gasteiger partial charge is 0.251 e. The molecular formula is C15H22N2O4S. The lowest BCUT2D eigenvalue weighted by molar-refractivity contribution is 0.0102. The Bertz CT molecular complexity index is 630. The van der Waals surface area contributed by atoms with Crippen LogP contribution in [-0.2, 0) is 14.8 Å². The van der Waals surface area contributed by atoms with E-state index in [4.69, 9.17) is 4.74 Å². The molecule has 122 valence electrons. The highest BCUT2D eigenvalue weighted by atomic mass is 32.2. The number of amides is 1. The summed E-state index contributed by atoms with van der Waals surface area (Å²) < 4.78 is 32.1. The van der Waals surface area contributed by atoms with Crippen LogP contribution in [0.1, 0.15) is 30.6 Å². The van der Waals surface area contributed by atoms with E-state index in [0.717, 1.165) is 6.42 Å². The number of hydrogen-bond donors (Lipinski definition) is 1. The number of hydrogen-bond acceptors (Lipinski definition) is 4. The molecular weight excluding hydrogens is 304 g/mol. The number of sulfonamides is 1. The molecule has 1 N–H and O–H groups in total. The third-order valence-corrected chi connectivity index (χ3v) is 5.33. The van der Waals surface area contributed by atoms with E-state index in [0.29, 0.717) is 31.8 Å². The molecule has 7 heteroatoms. The summed E-state index contributed by atoms with van der Waals surface area (Å²) in [6.07, 6.45) is 0.703. The first-order valence-corrected chi connectivity index (χ1v) is 8.89. The molecule has 1 amide bonds. The lowest BCUT2D eigenvalue weighted by Crippen LogP contribution is -2.44. The maximum absolute atomic E-state index is 12.7. The Kier molecular flexibility index (Phi) is 5.55. The van der Waals surface area contributed by atoms with Crippen molar-refractivity contribution in [3.05, 3.63) is 29.8 Å². The van der Waals surface area contributed by atoms with Crippen molar-refractivity contribution >= 4 is 15.9 Å². The van der Waals surface area contributed by atoms with Crippen LogP contribution in [0.15, 0.2) is 29.2 Å². The van der Waals surface area contributed by atoms with Gasteiger partial charge in [-0.15, -0.1) is 0 Å². The molecule has 1 aliphatic rings. The third-order valence-electron chi connectivity index (χ3n) is 3.47. The van der Waals surface area contributed by atoms with Gasteiger partial charge >= 0.3 is 0 Å². The highest BCUT2D eigenvalue weighted by Gasteiger charge is 2.29. The molecule has 1 aromatic carbocycles. The predicted molar refractivity (Wildman–Crippen MR) is 83.2 cm³/mol. The summed E-state index contributed by atoms with van der Waals surface area (Å²) >= 11 is 0. The van der Waals surface area contributed by atoms with Gasteiger partial charge in [-0.2, -0.15) is 4.31 Å². The van der Waals surface area contributed by atoms with Gasteiger partial charge in [-0.05, 0) is 31.5 Å². The van der Waals surface area contributed by atoms with Crippen LogP contribution >= 0.6 is 0 Å². The summed E-state index contributed by atoms with van der Waals surface area (Å²) in [7, 11) is -3.60. The fourth-order valence-corrected chi connectivity index (χ4v) is 3.84. The standard InChI is InChI=1S/C15H22N2O4S/c1-3-7-16-15(18)13-5-4-6-14(10-13)22(19,20)17-8-9-21-12(2)11-17/h4-6,10,12H,3,7-9,11H2,1-2H3,(H,16,18). The molecule has 1 unspecified atom stereocenters. The third kappa shape index (κ3) is 3.85. The van der Waals surface area contributed by atoms with Crippen LogP contribution in [0.4, 0.5) is 0 Å². The van der Waals surface area contributed by atoms with Crippen molar-refractivity contribution in [2.75, 3.05) is 26.2 Å². The lowest BCUT2D eigenvalue weighted by atomic mass is 10.2. The van der Waals surface area contributed by atoms with Gasteiger partial charge in [0.05, 0.1) is 17.6 Å². The molecule has 1 fully saturated rings. The summed E-state index contributed by atoms with van der Waals surface area (Å²) in [5.41, 5.74) is 0.357. The van der Waals surface area contributed by atoms with E-state index in [2.05, 4.69) is 5.32 Å². The highest BCUT2D eigenvalue weighted by Crippen LogP contribution is 2.19. The van der Waals surface area contributed by atoms with Gasteiger partial charge in [0.1, 0.15) is 0 Å². The van der Waals surface area contributed by atoms with Gasteiger partial charge in [-0.3, -0.25) is 4.79 Å². The summed E-state index contributed by atoms with van der Waals surface area (Å²) in [4.78, 5) is 12.1.